The van der Waals surface area contributed by atoms with Crippen LogP contribution < -0.4 is 4.74 Å². The number of aromatic carboxylic acids is 1. The van der Waals surface area contributed by atoms with Gasteiger partial charge in [-0.1, -0.05) is 42.5 Å². The van der Waals surface area contributed by atoms with Crippen molar-refractivity contribution < 1.29 is 14.6 Å². The number of ether oxygens (including phenoxy) is 1. The number of thiol groups is 1. The van der Waals surface area contributed by atoms with Gasteiger partial charge in [0.25, 0.3) is 0 Å². The number of hydrogen-bond donors (Lipinski definition) is 2. The van der Waals surface area contributed by atoms with Gasteiger partial charge in [-0.3, -0.25) is 0 Å². The molecule has 4 heteroatoms. The second-order valence-corrected chi connectivity index (χ2v) is 5.83. The summed E-state index contributed by atoms with van der Waals surface area (Å²) >= 11 is 4.64. The van der Waals surface area contributed by atoms with E-state index in [-0.39, 0.29) is 10.8 Å². The highest BCUT2D eigenvalue weighted by Gasteiger charge is 2.11. The lowest BCUT2D eigenvalue weighted by atomic mass is 10.0. The third kappa shape index (κ3) is 3.78. The standard InChI is InChI=1S/C20H16O3S/c21-20(22)16-8-6-14(7-9-16)19(24)15-10-12-18(13-11-15)23-17-4-2-1-3-5-17/h1-13,19,24H,(H,21,22). The van der Waals surface area contributed by atoms with Gasteiger partial charge in [0, 0.05) is 0 Å². The van der Waals surface area contributed by atoms with Gasteiger partial charge in [-0.05, 0) is 47.5 Å². The van der Waals surface area contributed by atoms with E-state index in [2.05, 4.69) is 12.6 Å². The Bertz CT molecular complexity index is 812. The van der Waals surface area contributed by atoms with Crippen molar-refractivity contribution in [2.75, 3.05) is 0 Å². The van der Waals surface area contributed by atoms with E-state index in [1.54, 1.807) is 24.3 Å². The molecule has 3 aromatic carbocycles. The molecule has 0 fully saturated rings. The summed E-state index contributed by atoms with van der Waals surface area (Å²) in [4.78, 5) is 10.9. The molecule has 0 aromatic heterocycles. The van der Waals surface area contributed by atoms with Crippen LogP contribution in [0.5, 0.6) is 11.5 Å². The normalized spacial score (nSPS) is 11.7. The molecular formula is C20H16O3S. The Morgan fingerprint density at radius 2 is 1.29 bits per heavy atom. The van der Waals surface area contributed by atoms with Crippen molar-refractivity contribution in [2.24, 2.45) is 0 Å². The maximum atomic E-state index is 10.9. The summed E-state index contributed by atoms with van der Waals surface area (Å²) < 4.78 is 5.77. The topological polar surface area (TPSA) is 46.5 Å². The third-order valence-electron chi connectivity index (χ3n) is 3.65. The molecule has 0 saturated carbocycles. The minimum Gasteiger partial charge on any atom is -0.478 e. The van der Waals surface area contributed by atoms with Crippen LogP contribution >= 0.6 is 12.6 Å². The highest BCUT2D eigenvalue weighted by molar-refractivity contribution is 7.80. The first kappa shape index (κ1) is 16.1. The highest BCUT2D eigenvalue weighted by Crippen LogP contribution is 2.30. The Hall–Kier alpha value is -2.72. The summed E-state index contributed by atoms with van der Waals surface area (Å²) in [6, 6.07) is 24.1. The van der Waals surface area contributed by atoms with Gasteiger partial charge < -0.3 is 9.84 Å². The van der Waals surface area contributed by atoms with E-state index in [4.69, 9.17) is 9.84 Å². The van der Waals surface area contributed by atoms with Crippen molar-refractivity contribution >= 4 is 18.6 Å². The largest absolute Gasteiger partial charge is 0.478 e. The lowest BCUT2D eigenvalue weighted by molar-refractivity contribution is 0.0697. The molecule has 24 heavy (non-hydrogen) atoms. The van der Waals surface area contributed by atoms with Crippen LogP contribution in [0.15, 0.2) is 78.9 Å². The Morgan fingerprint density at radius 3 is 1.83 bits per heavy atom. The minimum absolute atomic E-state index is 0.126. The molecule has 0 amide bonds. The van der Waals surface area contributed by atoms with Crippen LogP contribution in [0.3, 0.4) is 0 Å². The predicted molar refractivity (Wildman–Crippen MR) is 97.2 cm³/mol. The molecule has 1 unspecified atom stereocenters. The lowest BCUT2D eigenvalue weighted by Gasteiger charge is -2.13. The molecule has 3 nitrogen and oxygen atoms in total. The smallest absolute Gasteiger partial charge is 0.335 e. The van der Waals surface area contributed by atoms with Gasteiger partial charge in [0.2, 0.25) is 0 Å². The molecule has 0 heterocycles. The Morgan fingerprint density at radius 1 is 0.792 bits per heavy atom. The first-order valence-corrected chi connectivity index (χ1v) is 7.99. The number of rotatable bonds is 5. The van der Waals surface area contributed by atoms with Crippen LogP contribution in [0.4, 0.5) is 0 Å². The van der Waals surface area contributed by atoms with Crippen LogP contribution in [0.1, 0.15) is 26.7 Å². The van der Waals surface area contributed by atoms with Gasteiger partial charge in [0.15, 0.2) is 0 Å². The van der Waals surface area contributed by atoms with E-state index in [0.29, 0.717) is 0 Å². The van der Waals surface area contributed by atoms with Crippen LogP contribution in [-0.2, 0) is 0 Å². The van der Waals surface area contributed by atoms with Crippen molar-refractivity contribution in [1.82, 2.24) is 0 Å². The molecule has 1 atom stereocenters. The summed E-state index contributed by atoms with van der Waals surface area (Å²) in [6.45, 7) is 0. The second kappa shape index (κ2) is 7.23. The van der Waals surface area contributed by atoms with Crippen molar-refractivity contribution in [1.29, 1.82) is 0 Å². The molecule has 1 N–H and O–H groups in total. The molecular weight excluding hydrogens is 320 g/mol. The van der Waals surface area contributed by atoms with E-state index >= 15 is 0 Å². The van der Waals surface area contributed by atoms with E-state index in [1.807, 2.05) is 54.6 Å². The first-order chi connectivity index (χ1) is 11.6. The van der Waals surface area contributed by atoms with Crippen LogP contribution in [0, 0.1) is 0 Å². The molecule has 0 aliphatic carbocycles. The molecule has 3 aromatic rings. The van der Waals surface area contributed by atoms with Crippen molar-refractivity contribution in [2.45, 2.75) is 5.25 Å². The van der Waals surface area contributed by atoms with E-state index in [1.165, 1.54) is 0 Å². The fraction of sp³-hybridized carbons (Fsp3) is 0.0500. The molecule has 0 saturated heterocycles. The van der Waals surface area contributed by atoms with Gasteiger partial charge in [-0.2, -0.15) is 12.6 Å². The molecule has 120 valence electrons. The van der Waals surface area contributed by atoms with Crippen molar-refractivity contribution in [3.63, 3.8) is 0 Å². The molecule has 0 spiro atoms. The number of carboxylic acids is 1. The zero-order valence-electron chi connectivity index (χ0n) is 12.8. The molecule has 0 radical (unpaired) electrons. The van der Waals surface area contributed by atoms with Gasteiger partial charge in [0.05, 0.1) is 10.8 Å². The zero-order chi connectivity index (χ0) is 16.9. The summed E-state index contributed by atoms with van der Waals surface area (Å²) in [7, 11) is 0. The number of hydrogen-bond acceptors (Lipinski definition) is 3. The minimum atomic E-state index is -0.931. The first-order valence-electron chi connectivity index (χ1n) is 7.47. The molecule has 0 bridgehead atoms. The van der Waals surface area contributed by atoms with Gasteiger partial charge in [-0.15, -0.1) is 0 Å². The SMILES string of the molecule is O=C(O)c1ccc(C(S)c2ccc(Oc3ccccc3)cc2)cc1. The summed E-state index contributed by atoms with van der Waals surface area (Å²) in [5.74, 6) is 0.614. The van der Waals surface area contributed by atoms with Crippen LogP contribution in [-0.4, -0.2) is 11.1 Å². The van der Waals surface area contributed by atoms with Crippen LogP contribution in [0.25, 0.3) is 0 Å². The molecule has 3 rings (SSSR count). The quantitative estimate of drug-likeness (QED) is 0.630. The van der Waals surface area contributed by atoms with Gasteiger partial charge in [0.1, 0.15) is 11.5 Å². The number of carbonyl (C=O) groups is 1. The fourth-order valence-corrected chi connectivity index (χ4v) is 2.69. The monoisotopic (exact) mass is 336 g/mol. The number of carboxylic acid groups (broad SMARTS) is 1. The third-order valence-corrected chi connectivity index (χ3v) is 4.24. The zero-order valence-corrected chi connectivity index (χ0v) is 13.7. The average molecular weight is 336 g/mol. The maximum Gasteiger partial charge on any atom is 0.335 e. The van der Waals surface area contributed by atoms with E-state index < -0.39 is 5.97 Å². The molecule has 0 aliphatic rings. The fourth-order valence-electron chi connectivity index (χ4n) is 2.34. The number of para-hydroxylation sites is 1. The van der Waals surface area contributed by atoms with E-state index in [0.717, 1.165) is 22.6 Å². The van der Waals surface area contributed by atoms with Crippen molar-refractivity contribution in [3.05, 3.63) is 95.6 Å². The van der Waals surface area contributed by atoms with Gasteiger partial charge in [-0.25, -0.2) is 4.79 Å². The van der Waals surface area contributed by atoms with Crippen molar-refractivity contribution in [3.8, 4) is 11.5 Å². The Balaban J connectivity index is 1.73. The Labute approximate surface area is 145 Å². The second-order valence-electron chi connectivity index (χ2n) is 5.31. The Kier molecular flexibility index (Phi) is 4.87. The summed E-state index contributed by atoms with van der Waals surface area (Å²) in [5, 5.41) is 8.82. The highest BCUT2D eigenvalue weighted by atomic mass is 32.1. The summed E-state index contributed by atoms with van der Waals surface area (Å²) in [5.41, 5.74) is 2.23. The predicted octanol–water partition coefficient (Wildman–Crippen LogP) is 5.20. The average Bonchev–Trinajstić information content (AvgIpc) is 2.63. The maximum absolute atomic E-state index is 10.9. The lowest BCUT2D eigenvalue weighted by Crippen LogP contribution is -1.98. The van der Waals surface area contributed by atoms with Gasteiger partial charge >= 0.3 is 5.97 Å². The molecule has 0 aliphatic heterocycles. The van der Waals surface area contributed by atoms with E-state index in [9.17, 15) is 4.79 Å². The summed E-state index contributed by atoms with van der Waals surface area (Å²) in [6.07, 6.45) is 0. The van der Waals surface area contributed by atoms with Crippen LogP contribution in [0.2, 0.25) is 0 Å². The number of benzene rings is 3.